The second kappa shape index (κ2) is 9.10. The summed E-state index contributed by atoms with van der Waals surface area (Å²) in [6.07, 6.45) is 3.67. The van der Waals surface area contributed by atoms with E-state index in [2.05, 4.69) is 27.5 Å². The van der Waals surface area contributed by atoms with Gasteiger partial charge in [0.2, 0.25) is 5.82 Å². The van der Waals surface area contributed by atoms with Gasteiger partial charge in [0.1, 0.15) is 12.4 Å². The van der Waals surface area contributed by atoms with E-state index in [0.717, 1.165) is 48.1 Å². The molecule has 6 nitrogen and oxygen atoms in total. The maximum atomic E-state index is 10.3. The number of aliphatic hydroxyl groups is 1. The van der Waals surface area contributed by atoms with Crippen LogP contribution in [0.2, 0.25) is 0 Å². The number of aromatic nitrogens is 4. The number of hydrogen-bond acceptors (Lipinski definition) is 5. The molecule has 3 rings (SSSR count). The third-order valence-electron chi connectivity index (χ3n) is 4.26. The summed E-state index contributed by atoms with van der Waals surface area (Å²) >= 11 is 0. The second-order valence-electron chi connectivity index (χ2n) is 6.31. The number of ether oxygens (including phenoxy) is 1. The number of benzene rings is 2. The number of hydrogen-bond donors (Lipinski definition) is 2. The van der Waals surface area contributed by atoms with Crippen LogP contribution in [-0.2, 0) is 6.61 Å². The molecule has 2 N–H and O–H groups in total. The molecule has 0 bridgehead atoms. The minimum atomic E-state index is -0.438. The van der Waals surface area contributed by atoms with Gasteiger partial charge in [-0.25, -0.2) is 0 Å². The van der Waals surface area contributed by atoms with E-state index in [0.29, 0.717) is 12.4 Å². The average molecular weight is 352 g/mol. The molecule has 0 aliphatic rings. The summed E-state index contributed by atoms with van der Waals surface area (Å²) in [4.78, 5) is 0. The van der Waals surface area contributed by atoms with Gasteiger partial charge in [0.15, 0.2) is 0 Å². The first-order valence-corrected chi connectivity index (χ1v) is 9.00. The van der Waals surface area contributed by atoms with Crippen LogP contribution in [0.1, 0.15) is 49.8 Å². The van der Waals surface area contributed by atoms with Crippen LogP contribution < -0.4 is 4.74 Å². The fourth-order valence-corrected chi connectivity index (χ4v) is 2.82. The first-order valence-electron chi connectivity index (χ1n) is 9.00. The van der Waals surface area contributed by atoms with Crippen molar-refractivity contribution in [1.29, 1.82) is 0 Å². The maximum absolute atomic E-state index is 10.3. The first-order chi connectivity index (χ1) is 12.8. The van der Waals surface area contributed by atoms with Crippen molar-refractivity contribution in [3.05, 3.63) is 59.7 Å². The van der Waals surface area contributed by atoms with E-state index in [9.17, 15) is 5.11 Å². The first kappa shape index (κ1) is 18.1. The zero-order chi connectivity index (χ0) is 18.2. The highest BCUT2D eigenvalue weighted by Gasteiger charge is 2.09. The van der Waals surface area contributed by atoms with Crippen molar-refractivity contribution in [2.24, 2.45) is 0 Å². The molecule has 1 heterocycles. The smallest absolute Gasteiger partial charge is 0.204 e. The molecule has 0 spiro atoms. The van der Waals surface area contributed by atoms with Gasteiger partial charge in [0.05, 0.1) is 6.10 Å². The van der Waals surface area contributed by atoms with Crippen LogP contribution in [0, 0.1) is 0 Å². The van der Waals surface area contributed by atoms with E-state index in [1.54, 1.807) is 0 Å². The van der Waals surface area contributed by atoms with Gasteiger partial charge in [-0.2, -0.15) is 5.21 Å². The Hall–Kier alpha value is -2.73. The number of nitrogens with zero attached hydrogens (tertiary/aromatic N) is 3. The summed E-state index contributed by atoms with van der Waals surface area (Å²) in [5.41, 5.74) is 2.81. The number of tetrazole rings is 1. The Balaban J connectivity index is 1.61. The van der Waals surface area contributed by atoms with Crippen LogP contribution in [0.3, 0.4) is 0 Å². The summed E-state index contributed by atoms with van der Waals surface area (Å²) in [7, 11) is 0. The van der Waals surface area contributed by atoms with E-state index < -0.39 is 6.10 Å². The highest BCUT2D eigenvalue weighted by molar-refractivity contribution is 5.54. The fourth-order valence-electron chi connectivity index (χ4n) is 2.82. The minimum Gasteiger partial charge on any atom is -0.489 e. The van der Waals surface area contributed by atoms with Gasteiger partial charge in [-0.3, -0.25) is 0 Å². The summed E-state index contributed by atoms with van der Waals surface area (Å²) in [5, 5.41) is 24.3. The van der Waals surface area contributed by atoms with Crippen LogP contribution in [0.4, 0.5) is 0 Å². The Bertz CT molecular complexity index is 805. The van der Waals surface area contributed by atoms with E-state index in [1.807, 2.05) is 48.5 Å². The lowest BCUT2D eigenvalue weighted by Gasteiger charge is -2.13. The van der Waals surface area contributed by atoms with Crippen LogP contribution in [-0.4, -0.2) is 25.7 Å². The predicted octanol–water partition coefficient (Wildman–Crippen LogP) is 4.06. The Morgan fingerprint density at radius 1 is 1.12 bits per heavy atom. The molecule has 1 unspecified atom stereocenters. The average Bonchev–Trinajstić information content (AvgIpc) is 3.22. The van der Waals surface area contributed by atoms with E-state index in [-0.39, 0.29) is 0 Å². The molecule has 0 saturated heterocycles. The maximum Gasteiger partial charge on any atom is 0.204 e. The lowest BCUT2D eigenvalue weighted by molar-refractivity contribution is 0.163. The van der Waals surface area contributed by atoms with Crippen molar-refractivity contribution in [2.75, 3.05) is 0 Å². The molecule has 0 aliphatic heterocycles. The summed E-state index contributed by atoms with van der Waals surface area (Å²) in [6.45, 7) is 2.59. The number of rotatable bonds is 9. The molecule has 6 heteroatoms. The number of H-pyrrole nitrogens is 1. The number of unbranched alkanes of at least 4 members (excludes halogenated alkanes) is 2. The number of nitrogens with one attached hydrogen (secondary N) is 1. The van der Waals surface area contributed by atoms with Crippen molar-refractivity contribution < 1.29 is 9.84 Å². The van der Waals surface area contributed by atoms with Crippen LogP contribution in [0.25, 0.3) is 11.4 Å². The summed E-state index contributed by atoms with van der Waals surface area (Å²) in [5.74, 6) is 1.31. The Morgan fingerprint density at radius 3 is 2.81 bits per heavy atom. The topological polar surface area (TPSA) is 83.9 Å². The molecule has 3 aromatic rings. The Labute approximate surface area is 153 Å². The minimum absolute atomic E-state index is 0.432. The molecule has 26 heavy (non-hydrogen) atoms. The van der Waals surface area contributed by atoms with Crippen molar-refractivity contribution >= 4 is 0 Å². The van der Waals surface area contributed by atoms with Crippen molar-refractivity contribution in [2.45, 2.75) is 45.3 Å². The third kappa shape index (κ3) is 4.89. The van der Waals surface area contributed by atoms with Gasteiger partial charge in [0, 0.05) is 5.56 Å². The van der Waals surface area contributed by atoms with Gasteiger partial charge >= 0.3 is 0 Å². The normalized spacial score (nSPS) is 12.1. The molecule has 2 aromatic carbocycles. The lowest BCUT2D eigenvalue weighted by atomic mass is 10.0. The largest absolute Gasteiger partial charge is 0.489 e. The Morgan fingerprint density at radius 2 is 2.00 bits per heavy atom. The third-order valence-corrected chi connectivity index (χ3v) is 4.26. The van der Waals surface area contributed by atoms with Crippen LogP contribution in [0.5, 0.6) is 5.75 Å². The molecule has 0 aliphatic carbocycles. The molecule has 0 radical (unpaired) electrons. The summed E-state index contributed by atoms with van der Waals surface area (Å²) < 4.78 is 5.91. The van der Waals surface area contributed by atoms with Crippen LogP contribution >= 0.6 is 0 Å². The molecule has 0 fully saturated rings. The fraction of sp³-hybridized carbons (Fsp3) is 0.350. The van der Waals surface area contributed by atoms with Gasteiger partial charge in [0.25, 0.3) is 0 Å². The Kier molecular flexibility index (Phi) is 6.33. The SMILES string of the molecule is CCCCCC(O)c1cccc(OCc2cccc(-c3nn[nH]n3)c2)c1. The van der Waals surface area contributed by atoms with Gasteiger partial charge in [-0.15, -0.1) is 10.2 Å². The van der Waals surface area contributed by atoms with E-state index in [1.165, 1.54) is 0 Å². The highest BCUT2D eigenvalue weighted by Crippen LogP contribution is 2.24. The standard InChI is InChI=1S/C20H24N4O2/c1-2-3-4-11-19(25)16-8-6-10-18(13-16)26-14-15-7-5-9-17(12-15)20-21-23-24-22-20/h5-10,12-13,19,25H,2-4,11,14H2,1H3,(H,21,22,23,24). The lowest BCUT2D eigenvalue weighted by Crippen LogP contribution is -2.00. The van der Waals surface area contributed by atoms with Gasteiger partial charge in [-0.05, 0) is 41.0 Å². The van der Waals surface area contributed by atoms with Gasteiger partial charge < -0.3 is 9.84 Å². The zero-order valence-corrected chi connectivity index (χ0v) is 14.9. The predicted molar refractivity (Wildman–Crippen MR) is 99.5 cm³/mol. The second-order valence-corrected chi connectivity index (χ2v) is 6.31. The van der Waals surface area contributed by atoms with Crippen LogP contribution in [0.15, 0.2) is 48.5 Å². The zero-order valence-electron chi connectivity index (χ0n) is 14.9. The molecular weight excluding hydrogens is 328 g/mol. The number of aliphatic hydroxyl groups excluding tert-OH is 1. The molecule has 1 aromatic heterocycles. The molecular formula is C20H24N4O2. The van der Waals surface area contributed by atoms with Crippen molar-refractivity contribution in [3.63, 3.8) is 0 Å². The van der Waals surface area contributed by atoms with Crippen molar-refractivity contribution in [3.8, 4) is 17.1 Å². The quantitative estimate of drug-likeness (QED) is 0.567. The molecule has 136 valence electrons. The van der Waals surface area contributed by atoms with E-state index in [4.69, 9.17) is 4.74 Å². The molecule has 1 atom stereocenters. The monoisotopic (exact) mass is 352 g/mol. The molecule has 0 saturated carbocycles. The highest BCUT2D eigenvalue weighted by atomic mass is 16.5. The van der Waals surface area contributed by atoms with E-state index >= 15 is 0 Å². The van der Waals surface area contributed by atoms with Gasteiger partial charge in [-0.1, -0.05) is 56.5 Å². The summed E-state index contributed by atoms with van der Waals surface area (Å²) in [6, 6.07) is 15.5. The number of aromatic amines is 1. The van der Waals surface area contributed by atoms with Crippen molar-refractivity contribution in [1.82, 2.24) is 20.6 Å². The molecule has 0 amide bonds.